The van der Waals surface area contributed by atoms with E-state index in [0.717, 1.165) is 44.1 Å². The molecule has 3 aromatic rings. The average molecular weight is 453 g/mol. The Balaban J connectivity index is 1.86. The maximum atomic E-state index is 13.6. The van der Waals surface area contributed by atoms with Crippen molar-refractivity contribution >= 4 is 44.7 Å². The number of aromatic nitrogens is 3. The molecule has 0 radical (unpaired) electrons. The van der Waals surface area contributed by atoms with E-state index in [9.17, 15) is 13.2 Å². The largest absolute Gasteiger partial charge is 0.416 e. The SMILES string of the molecule is Cn1c(=N)n2c3c4c(c(=C5C=CC(Cl)=CC5)ccc4ncc31)=C1C=CC(C(F)(F)F)=CC12. The van der Waals surface area contributed by atoms with Crippen LogP contribution in [0, 0.1) is 5.41 Å². The molecule has 0 bridgehead atoms. The maximum Gasteiger partial charge on any atom is 0.416 e. The highest BCUT2D eigenvalue weighted by atomic mass is 35.5. The van der Waals surface area contributed by atoms with Crippen molar-refractivity contribution in [3.8, 4) is 0 Å². The fraction of sp³-hybridized carbons (Fsp3) is 0.167. The number of nitrogens with one attached hydrogen (secondary N) is 1. The van der Waals surface area contributed by atoms with Gasteiger partial charge < -0.3 is 4.57 Å². The Bertz CT molecular complexity index is 1680. The smallest absolute Gasteiger partial charge is 0.312 e. The average Bonchev–Trinajstić information content (AvgIpc) is 3.03. The molecule has 0 saturated heterocycles. The summed E-state index contributed by atoms with van der Waals surface area (Å²) in [6, 6.07) is 3.17. The van der Waals surface area contributed by atoms with E-state index in [1.165, 1.54) is 6.08 Å². The predicted molar refractivity (Wildman–Crippen MR) is 118 cm³/mol. The third-order valence-electron chi connectivity index (χ3n) is 6.44. The number of imidazole rings is 1. The van der Waals surface area contributed by atoms with Crippen LogP contribution in [0.5, 0.6) is 0 Å². The lowest BCUT2D eigenvalue weighted by molar-refractivity contribution is -0.0886. The zero-order valence-corrected chi connectivity index (χ0v) is 17.6. The molecule has 4 nitrogen and oxygen atoms in total. The minimum atomic E-state index is -4.46. The number of pyridine rings is 1. The van der Waals surface area contributed by atoms with Gasteiger partial charge in [0.15, 0.2) is 0 Å². The monoisotopic (exact) mass is 452 g/mol. The van der Waals surface area contributed by atoms with Gasteiger partial charge in [0, 0.05) is 17.5 Å². The van der Waals surface area contributed by atoms with E-state index in [4.69, 9.17) is 17.0 Å². The van der Waals surface area contributed by atoms with Crippen LogP contribution in [0.4, 0.5) is 13.2 Å². The van der Waals surface area contributed by atoms with E-state index in [1.807, 2.05) is 30.4 Å². The van der Waals surface area contributed by atoms with Crippen molar-refractivity contribution in [3.05, 3.63) is 81.4 Å². The third-order valence-corrected chi connectivity index (χ3v) is 6.72. The van der Waals surface area contributed by atoms with Crippen LogP contribution in [0.3, 0.4) is 0 Å². The molecule has 3 heterocycles. The summed E-state index contributed by atoms with van der Waals surface area (Å²) in [5.74, 6) is 0. The maximum absolute atomic E-state index is 13.6. The molecule has 0 fully saturated rings. The molecule has 8 heteroatoms. The van der Waals surface area contributed by atoms with Gasteiger partial charge in [-0.2, -0.15) is 13.2 Å². The minimum absolute atomic E-state index is 0.126. The van der Waals surface area contributed by atoms with Crippen LogP contribution >= 0.6 is 11.6 Å². The summed E-state index contributed by atoms with van der Waals surface area (Å²) in [4.78, 5) is 4.60. The first-order valence-electron chi connectivity index (χ1n) is 10.1. The van der Waals surface area contributed by atoms with Gasteiger partial charge in [0.25, 0.3) is 0 Å². The second-order valence-electron chi connectivity index (χ2n) is 8.13. The van der Waals surface area contributed by atoms with Crippen molar-refractivity contribution in [3.63, 3.8) is 0 Å². The predicted octanol–water partition coefficient (Wildman–Crippen LogP) is 4.00. The topological polar surface area (TPSA) is 46.6 Å². The molecule has 6 rings (SSSR count). The van der Waals surface area contributed by atoms with Crippen LogP contribution in [-0.2, 0) is 7.05 Å². The number of allylic oxidation sites excluding steroid dienone is 8. The summed E-state index contributed by atoms with van der Waals surface area (Å²) in [6.07, 6.45) is 7.43. The molecule has 1 aliphatic heterocycles. The van der Waals surface area contributed by atoms with Crippen LogP contribution < -0.4 is 16.1 Å². The third kappa shape index (κ3) is 2.51. The van der Waals surface area contributed by atoms with Gasteiger partial charge in [-0.25, -0.2) is 0 Å². The van der Waals surface area contributed by atoms with E-state index in [-0.39, 0.29) is 5.62 Å². The molecule has 0 amide bonds. The first-order valence-corrected chi connectivity index (χ1v) is 10.4. The molecule has 160 valence electrons. The van der Waals surface area contributed by atoms with E-state index < -0.39 is 17.8 Å². The van der Waals surface area contributed by atoms with Crippen molar-refractivity contribution in [1.29, 1.82) is 5.41 Å². The molecule has 1 atom stereocenters. The summed E-state index contributed by atoms with van der Waals surface area (Å²) in [7, 11) is 1.74. The standard InChI is InChI=1S/C24H16ClF3N4/c1-31-19-11-30-17-9-8-15(12-2-5-14(25)6-3-12)20-16-7-4-13(24(26,27)28)10-18(16)32(23(31)29)22(19)21(17)20/h2,4-11,18,29H,3H2,1H3. The zero-order chi connectivity index (χ0) is 22.4. The second-order valence-corrected chi connectivity index (χ2v) is 8.57. The van der Waals surface area contributed by atoms with Gasteiger partial charge in [0.05, 0.1) is 34.4 Å². The van der Waals surface area contributed by atoms with Crippen molar-refractivity contribution in [1.82, 2.24) is 14.1 Å². The van der Waals surface area contributed by atoms with Crippen LogP contribution in [0.25, 0.3) is 33.1 Å². The lowest BCUT2D eigenvalue weighted by Crippen LogP contribution is -2.38. The Labute approximate surface area is 184 Å². The normalized spacial score (nSPS) is 21.4. The highest BCUT2D eigenvalue weighted by Crippen LogP contribution is 2.38. The summed E-state index contributed by atoms with van der Waals surface area (Å²) in [5, 5.41) is 12.0. The first kappa shape index (κ1) is 19.4. The van der Waals surface area contributed by atoms with Gasteiger partial charge in [-0.15, -0.1) is 0 Å². The van der Waals surface area contributed by atoms with E-state index in [2.05, 4.69) is 4.98 Å². The number of halogens is 4. The molecular formula is C24H16ClF3N4. The first-order chi connectivity index (χ1) is 15.3. The molecule has 3 aliphatic rings. The Morgan fingerprint density at radius 1 is 1.16 bits per heavy atom. The molecule has 32 heavy (non-hydrogen) atoms. The highest BCUT2D eigenvalue weighted by Gasteiger charge is 2.37. The number of hydrogen-bond donors (Lipinski definition) is 1. The van der Waals surface area contributed by atoms with Gasteiger partial charge in [-0.1, -0.05) is 35.9 Å². The molecule has 1 N–H and O–H groups in total. The summed E-state index contributed by atoms with van der Waals surface area (Å²) < 4.78 is 44.1. The quantitative estimate of drug-likeness (QED) is 0.550. The lowest BCUT2D eigenvalue weighted by Gasteiger charge is -2.27. The molecule has 0 saturated carbocycles. The Kier molecular flexibility index (Phi) is 3.85. The number of nitrogens with zero attached hydrogens (tertiary/aromatic N) is 3. The fourth-order valence-electron chi connectivity index (χ4n) is 4.92. The number of fused-ring (bicyclic) bond motifs is 2. The van der Waals surface area contributed by atoms with E-state index in [0.29, 0.717) is 17.0 Å². The lowest BCUT2D eigenvalue weighted by atomic mass is 9.88. The van der Waals surface area contributed by atoms with Crippen molar-refractivity contribution in [2.45, 2.75) is 18.6 Å². The molecule has 2 aliphatic carbocycles. The number of alkyl halides is 3. The van der Waals surface area contributed by atoms with E-state index >= 15 is 0 Å². The van der Waals surface area contributed by atoms with Gasteiger partial charge in [0.1, 0.15) is 0 Å². The number of hydrogen-bond acceptors (Lipinski definition) is 2. The summed E-state index contributed by atoms with van der Waals surface area (Å²) in [5.41, 5.74) is 3.37. The van der Waals surface area contributed by atoms with Gasteiger partial charge in [0.2, 0.25) is 5.62 Å². The summed E-state index contributed by atoms with van der Waals surface area (Å²) in [6.45, 7) is 0. The van der Waals surface area contributed by atoms with Crippen LogP contribution in [0.15, 0.2) is 65.4 Å². The van der Waals surface area contributed by atoms with Crippen molar-refractivity contribution in [2.24, 2.45) is 7.05 Å². The Morgan fingerprint density at radius 2 is 1.97 bits per heavy atom. The summed E-state index contributed by atoms with van der Waals surface area (Å²) >= 11 is 6.11. The van der Waals surface area contributed by atoms with Crippen molar-refractivity contribution < 1.29 is 13.2 Å². The molecule has 0 spiro atoms. The zero-order valence-electron chi connectivity index (χ0n) is 16.8. The van der Waals surface area contributed by atoms with Crippen LogP contribution in [0.1, 0.15) is 12.5 Å². The van der Waals surface area contributed by atoms with Gasteiger partial charge >= 0.3 is 6.18 Å². The van der Waals surface area contributed by atoms with Crippen LogP contribution in [0.2, 0.25) is 0 Å². The van der Waals surface area contributed by atoms with E-state index in [1.54, 1.807) is 28.5 Å². The second kappa shape index (κ2) is 6.36. The van der Waals surface area contributed by atoms with Crippen LogP contribution in [-0.4, -0.2) is 20.3 Å². The molecular weight excluding hydrogens is 437 g/mol. The molecule has 2 aromatic heterocycles. The van der Waals surface area contributed by atoms with Gasteiger partial charge in [-0.3, -0.25) is 15.0 Å². The van der Waals surface area contributed by atoms with Crippen molar-refractivity contribution in [2.75, 3.05) is 0 Å². The Morgan fingerprint density at radius 3 is 2.69 bits per heavy atom. The fourth-order valence-corrected chi connectivity index (χ4v) is 5.06. The van der Waals surface area contributed by atoms with Gasteiger partial charge in [-0.05, 0) is 52.3 Å². The number of aryl methyl sites for hydroxylation is 1. The molecule has 1 unspecified atom stereocenters. The Hall–Kier alpha value is -3.32. The minimum Gasteiger partial charge on any atom is -0.312 e. The molecule has 1 aromatic carbocycles. The highest BCUT2D eigenvalue weighted by molar-refractivity contribution is 6.31. The number of benzene rings is 1. The number of rotatable bonds is 0.